The monoisotopic (exact) mass is 346 g/mol. The number of ether oxygens (including phenoxy) is 2. The molecule has 1 aliphatic heterocycles. The molecule has 0 spiro atoms. The molecule has 0 saturated carbocycles. The Morgan fingerprint density at radius 1 is 1.33 bits per heavy atom. The third kappa shape index (κ3) is 5.02. The number of hydrogen-bond acceptors (Lipinski definition) is 3. The van der Waals surface area contributed by atoms with Gasteiger partial charge in [0.05, 0.1) is 12.2 Å². The summed E-state index contributed by atoms with van der Waals surface area (Å²) in [5, 5.41) is 2.73. The lowest BCUT2D eigenvalue weighted by molar-refractivity contribution is -0.153. The number of amides is 2. The van der Waals surface area contributed by atoms with Gasteiger partial charge in [-0.1, -0.05) is 6.07 Å². The number of benzene rings is 1. The van der Waals surface area contributed by atoms with E-state index in [0.717, 1.165) is 0 Å². The number of rotatable bonds is 3. The van der Waals surface area contributed by atoms with Gasteiger partial charge in [0.25, 0.3) is 0 Å². The van der Waals surface area contributed by atoms with Crippen LogP contribution in [-0.2, 0) is 4.74 Å². The van der Waals surface area contributed by atoms with Crippen LogP contribution in [0, 0.1) is 6.92 Å². The van der Waals surface area contributed by atoms with E-state index >= 15 is 0 Å². The molecule has 1 N–H and O–H groups in total. The maximum Gasteiger partial charge on any atom is 0.422 e. The Bertz CT molecular complexity index is 582. The van der Waals surface area contributed by atoms with Gasteiger partial charge in [0.1, 0.15) is 5.75 Å². The number of nitrogens with zero attached hydrogens (tertiary/aromatic N) is 1. The number of morpholine rings is 1. The molecule has 1 heterocycles. The normalized spacial score (nSPS) is 21.5. The molecule has 1 aliphatic rings. The molecule has 2 rings (SSSR count). The van der Waals surface area contributed by atoms with E-state index in [4.69, 9.17) is 9.47 Å². The number of carbonyl (C=O) groups is 1. The highest BCUT2D eigenvalue weighted by Gasteiger charge is 2.29. The molecule has 24 heavy (non-hydrogen) atoms. The molecule has 134 valence electrons. The molecule has 1 aromatic carbocycles. The van der Waals surface area contributed by atoms with E-state index in [1.54, 1.807) is 24.0 Å². The predicted octanol–water partition coefficient (Wildman–Crippen LogP) is 3.58. The average Bonchev–Trinajstić information content (AvgIpc) is 2.46. The van der Waals surface area contributed by atoms with Gasteiger partial charge < -0.3 is 19.7 Å². The molecule has 2 atom stereocenters. The minimum Gasteiger partial charge on any atom is -0.484 e. The zero-order valence-corrected chi connectivity index (χ0v) is 13.8. The van der Waals surface area contributed by atoms with E-state index < -0.39 is 12.8 Å². The van der Waals surface area contributed by atoms with Gasteiger partial charge >= 0.3 is 12.2 Å². The van der Waals surface area contributed by atoms with Crippen molar-refractivity contribution in [2.24, 2.45) is 0 Å². The second-order valence-electron chi connectivity index (χ2n) is 5.93. The Labute approximate surface area is 138 Å². The Hall–Kier alpha value is -1.96. The summed E-state index contributed by atoms with van der Waals surface area (Å²) in [6, 6.07) is 4.29. The van der Waals surface area contributed by atoms with Crippen molar-refractivity contribution in [2.75, 3.05) is 25.0 Å². The van der Waals surface area contributed by atoms with Crippen molar-refractivity contribution in [1.82, 2.24) is 4.90 Å². The second kappa shape index (κ2) is 7.29. The molecule has 0 bridgehead atoms. The molecule has 0 aromatic heterocycles. The number of alkyl halides is 3. The zero-order chi connectivity index (χ0) is 17.9. The van der Waals surface area contributed by atoms with E-state index in [1.165, 1.54) is 6.07 Å². The van der Waals surface area contributed by atoms with Gasteiger partial charge in [-0.05, 0) is 32.9 Å². The van der Waals surface area contributed by atoms with Crippen molar-refractivity contribution in [1.29, 1.82) is 0 Å². The Kier molecular flexibility index (Phi) is 5.58. The summed E-state index contributed by atoms with van der Waals surface area (Å²) in [7, 11) is 0. The summed E-state index contributed by atoms with van der Waals surface area (Å²) in [6.07, 6.45) is -4.55. The van der Waals surface area contributed by atoms with Crippen LogP contribution in [0.3, 0.4) is 0 Å². The number of urea groups is 1. The third-order valence-electron chi connectivity index (χ3n) is 3.62. The molecule has 1 aromatic rings. The molecule has 0 radical (unpaired) electrons. The second-order valence-corrected chi connectivity index (χ2v) is 5.93. The van der Waals surface area contributed by atoms with Gasteiger partial charge in [0.2, 0.25) is 0 Å². The first-order valence-electron chi connectivity index (χ1n) is 7.66. The highest BCUT2D eigenvalue weighted by molar-refractivity contribution is 5.90. The van der Waals surface area contributed by atoms with Crippen molar-refractivity contribution in [3.63, 3.8) is 0 Å². The number of anilines is 1. The smallest absolute Gasteiger partial charge is 0.422 e. The number of carbonyl (C=O) groups excluding carboxylic acids is 1. The van der Waals surface area contributed by atoms with Crippen molar-refractivity contribution in [3.8, 4) is 5.75 Å². The van der Waals surface area contributed by atoms with Crippen LogP contribution in [0.5, 0.6) is 5.75 Å². The molecule has 0 unspecified atom stereocenters. The predicted molar refractivity (Wildman–Crippen MR) is 83.3 cm³/mol. The zero-order valence-electron chi connectivity index (χ0n) is 13.8. The standard InChI is InChI=1S/C16H21F3N2O3/c1-10-7-21(8-11(2)24-10)15(22)20-13-5-4-6-14(12(13)3)23-9-16(17,18)19/h4-6,10-11H,7-9H2,1-3H3,(H,20,22)/t10-,11-/m1/s1. The maximum absolute atomic E-state index is 12.4. The summed E-state index contributed by atoms with van der Waals surface area (Å²) in [5.41, 5.74) is 0.871. The molecule has 1 fully saturated rings. The lowest BCUT2D eigenvalue weighted by Gasteiger charge is -2.35. The SMILES string of the molecule is Cc1c(NC(=O)N2C[C@@H](C)O[C@H](C)C2)cccc1OCC(F)(F)F. The number of hydrogen-bond donors (Lipinski definition) is 1. The Morgan fingerprint density at radius 2 is 1.96 bits per heavy atom. The van der Waals surface area contributed by atoms with Crippen molar-refractivity contribution >= 4 is 11.7 Å². The summed E-state index contributed by atoms with van der Waals surface area (Å²) in [4.78, 5) is 14.0. The average molecular weight is 346 g/mol. The van der Waals surface area contributed by atoms with Crippen LogP contribution in [0.15, 0.2) is 18.2 Å². The molecule has 2 amide bonds. The first-order valence-corrected chi connectivity index (χ1v) is 7.66. The lowest BCUT2D eigenvalue weighted by Crippen LogP contribution is -2.49. The number of nitrogens with one attached hydrogen (secondary N) is 1. The van der Waals surface area contributed by atoms with E-state index in [2.05, 4.69) is 5.32 Å². The van der Waals surface area contributed by atoms with Crippen LogP contribution in [0.1, 0.15) is 19.4 Å². The van der Waals surface area contributed by atoms with Crippen LogP contribution < -0.4 is 10.1 Å². The maximum atomic E-state index is 12.4. The molecule has 5 nitrogen and oxygen atoms in total. The van der Waals surface area contributed by atoms with Gasteiger partial charge in [-0.15, -0.1) is 0 Å². The summed E-state index contributed by atoms with van der Waals surface area (Å²) < 4.78 is 47.2. The fraction of sp³-hybridized carbons (Fsp3) is 0.562. The first-order chi connectivity index (χ1) is 11.2. The van der Waals surface area contributed by atoms with E-state index in [0.29, 0.717) is 24.3 Å². The van der Waals surface area contributed by atoms with Crippen molar-refractivity contribution in [2.45, 2.75) is 39.2 Å². The first kappa shape index (κ1) is 18.4. The van der Waals surface area contributed by atoms with E-state index in [1.807, 2.05) is 13.8 Å². The summed E-state index contributed by atoms with van der Waals surface area (Å²) in [6.45, 7) is 4.91. The van der Waals surface area contributed by atoms with Gasteiger partial charge in [0, 0.05) is 24.3 Å². The third-order valence-corrected chi connectivity index (χ3v) is 3.62. The quantitative estimate of drug-likeness (QED) is 0.910. The largest absolute Gasteiger partial charge is 0.484 e. The highest BCUT2D eigenvalue weighted by Crippen LogP contribution is 2.27. The highest BCUT2D eigenvalue weighted by atomic mass is 19.4. The van der Waals surface area contributed by atoms with Gasteiger partial charge in [-0.25, -0.2) is 4.79 Å². The topological polar surface area (TPSA) is 50.8 Å². The van der Waals surface area contributed by atoms with Crippen LogP contribution in [0.4, 0.5) is 23.7 Å². The fourth-order valence-electron chi connectivity index (χ4n) is 2.60. The van der Waals surface area contributed by atoms with Gasteiger partial charge in [-0.2, -0.15) is 13.2 Å². The molecular formula is C16H21F3N2O3. The van der Waals surface area contributed by atoms with Gasteiger partial charge in [-0.3, -0.25) is 0 Å². The van der Waals surface area contributed by atoms with Crippen LogP contribution in [-0.4, -0.2) is 49.0 Å². The summed E-state index contributed by atoms with van der Waals surface area (Å²) >= 11 is 0. The molecule has 8 heteroatoms. The van der Waals surface area contributed by atoms with Crippen LogP contribution >= 0.6 is 0 Å². The minimum atomic E-state index is -4.41. The molecule has 1 saturated heterocycles. The van der Waals surface area contributed by atoms with E-state index in [9.17, 15) is 18.0 Å². The molecular weight excluding hydrogens is 325 g/mol. The van der Waals surface area contributed by atoms with Crippen molar-refractivity contribution in [3.05, 3.63) is 23.8 Å². The summed E-state index contributed by atoms with van der Waals surface area (Å²) in [5.74, 6) is 0.0915. The van der Waals surface area contributed by atoms with Gasteiger partial charge in [0.15, 0.2) is 6.61 Å². The Balaban J connectivity index is 2.05. The van der Waals surface area contributed by atoms with E-state index in [-0.39, 0.29) is 24.0 Å². The fourth-order valence-corrected chi connectivity index (χ4v) is 2.60. The Morgan fingerprint density at radius 3 is 2.54 bits per heavy atom. The molecule has 0 aliphatic carbocycles. The van der Waals surface area contributed by atoms with Crippen molar-refractivity contribution < 1.29 is 27.4 Å². The van der Waals surface area contributed by atoms with Crippen LogP contribution in [0.25, 0.3) is 0 Å². The minimum absolute atomic E-state index is 0.0675. The lowest BCUT2D eigenvalue weighted by atomic mass is 10.2. The van der Waals surface area contributed by atoms with Crippen LogP contribution in [0.2, 0.25) is 0 Å². The number of halogens is 3.